The van der Waals surface area contributed by atoms with Gasteiger partial charge in [0.15, 0.2) is 0 Å². The quantitative estimate of drug-likeness (QED) is 0.543. The Bertz CT molecular complexity index is 1250. The van der Waals surface area contributed by atoms with Crippen molar-refractivity contribution in [3.05, 3.63) is 95.1 Å². The van der Waals surface area contributed by atoms with Crippen molar-refractivity contribution in [2.24, 2.45) is 0 Å². The third kappa shape index (κ3) is 5.80. The second-order valence-corrected chi connectivity index (χ2v) is 9.36. The maximum atomic E-state index is 13.5. The highest BCUT2D eigenvalue weighted by Crippen LogP contribution is 2.34. The average molecular weight is 485 g/mol. The molecular formula is C29H32N4O3. The van der Waals surface area contributed by atoms with Crippen LogP contribution in [-0.4, -0.2) is 49.8 Å². The molecule has 0 bridgehead atoms. The van der Waals surface area contributed by atoms with E-state index in [1.165, 1.54) is 0 Å². The van der Waals surface area contributed by atoms with E-state index in [9.17, 15) is 14.4 Å². The number of aryl methyl sites for hydroxylation is 1. The maximum Gasteiger partial charge on any atom is 0.258 e. The first-order valence-electron chi connectivity index (χ1n) is 12.2. The number of fused-ring (bicyclic) bond motifs is 1. The van der Waals surface area contributed by atoms with E-state index in [0.717, 1.165) is 29.7 Å². The lowest BCUT2D eigenvalue weighted by Gasteiger charge is -2.25. The molecule has 1 heterocycles. The van der Waals surface area contributed by atoms with Gasteiger partial charge in [-0.2, -0.15) is 0 Å². The normalized spacial score (nSPS) is 15.1. The molecule has 7 heteroatoms. The number of benzene rings is 3. The van der Waals surface area contributed by atoms with Crippen molar-refractivity contribution in [2.75, 3.05) is 37.4 Å². The molecular weight excluding hydrogens is 452 g/mol. The Balaban J connectivity index is 1.51. The van der Waals surface area contributed by atoms with Crippen LogP contribution < -0.4 is 15.5 Å². The van der Waals surface area contributed by atoms with Gasteiger partial charge in [-0.15, -0.1) is 0 Å². The summed E-state index contributed by atoms with van der Waals surface area (Å²) in [5.41, 5.74) is 4.43. The first kappa shape index (κ1) is 25.1. The number of anilines is 2. The second kappa shape index (κ2) is 11.2. The first-order chi connectivity index (χ1) is 17.3. The van der Waals surface area contributed by atoms with E-state index in [-0.39, 0.29) is 23.8 Å². The fraction of sp³-hybridized carbons (Fsp3) is 0.276. The highest BCUT2D eigenvalue weighted by Gasteiger charge is 2.28. The summed E-state index contributed by atoms with van der Waals surface area (Å²) in [5, 5.41) is 6.03. The molecule has 0 aromatic heterocycles. The molecule has 3 aromatic carbocycles. The van der Waals surface area contributed by atoms with E-state index < -0.39 is 0 Å². The molecule has 0 fully saturated rings. The minimum Gasteiger partial charge on any atom is -0.348 e. The Morgan fingerprint density at radius 2 is 1.64 bits per heavy atom. The number of carbonyl (C=O) groups excluding carboxylic acids is 3. The standard InChI is InChI=1S/C29H32N4O3/c1-20-9-4-5-10-23(20)28(35)30-22-16-14-21(15-17-22)29(36)33-18-8-12-25(31-27(34)19-32(2)3)24-11-6-7-13-26(24)33/h4-7,9-11,13-17,25H,8,12,18-19H2,1-3H3,(H,30,35)(H,31,34). The van der Waals surface area contributed by atoms with Crippen LogP contribution >= 0.6 is 0 Å². The molecule has 0 saturated carbocycles. The Labute approximate surface area is 212 Å². The van der Waals surface area contributed by atoms with Gasteiger partial charge in [0, 0.05) is 29.0 Å². The van der Waals surface area contributed by atoms with Crippen LogP contribution in [-0.2, 0) is 4.79 Å². The molecule has 1 atom stereocenters. The first-order valence-corrected chi connectivity index (χ1v) is 12.2. The fourth-order valence-electron chi connectivity index (χ4n) is 4.52. The van der Waals surface area contributed by atoms with Crippen LogP contribution in [0.15, 0.2) is 72.8 Å². The third-order valence-corrected chi connectivity index (χ3v) is 6.30. The van der Waals surface area contributed by atoms with Crippen molar-refractivity contribution < 1.29 is 14.4 Å². The molecule has 186 valence electrons. The number of nitrogens with zero attached hydrogens (tertiary/aromatic N) is 2. The van der Waals surface area contributed by atoms with Gasteiger partial charge in [0.25, 0.3) is 11.8 Å². The molecule has 7 nitrogen and oxygen atoms in total. The zero-order valence-corrected chi connectivity index (χ0v) is 21.0. The number of hydrogen-bond acceptors (Lipinski definition) is 4. The Hall–Kier alpha value is -3.97. The summed E-state index contributed by atoms with van der Waals surface area (Å²) in [6, 6.07) is 22.0. The number of nitrogens with one attached hydrogen (secondary N) is 2. The van der Waals surface area contributed by atoms with Gasteiger partial charge in [0.2, 0.25) is 5.91 Å². The largest absolute Gasteiger partial charge is 0.348 e. The van der Waals surface area contributed by atoms with Gasteiger partial charge in [-0.25, -0.2) is 0 Å². The molecule has 2 N–H and O–H groups in total. The van der Waals surface area contributed by atoms with Crippen molar-refractivity contribution >= 4 is 29.1 Å². The van der Waals surface area contributed by atoms with Gasteiger partial charge in [-0.05, 0) is 81.4 Å². The van der Waals surface area contributed by atoms with Crippen LogP contribution in [0.2, 0.25) is 0 Å². The van der Waals surface area contributed by atoms with Gasteiger partial charge in [0.1, 0.15) is 0 Å². The summed E-state index contributed by atoms with van der Waals surface area (Å²) in [4.78, 5) is 42.2. The van der Waals surface area contributed by atoms with Gasteiger partial charge in [-0.1, -0.05) is 36.4 Å². The number of carbonyl (C=O) groups is 3. The number of amides is 3. The molecule has 1 aliphatic heterocycles. The predicted molar refractivity (Wildman–Crippen MR) is 142 cm³/mol. The van der Waals surface area contributed by atoms with Gasteiger partial charge in [0.05, 0.1) is 12.6 Å². The third-order valence-electron chi connectivity index (χ3n) is 6.30. The monoisotopic (exact) mass is 484 g/mol. The lowest BCUT2D eigenvalue weighted by Crippen LogP contribution is -2.36. The molecule has 4 rings (SSSR count). The predicted octanol–water partition coefficient (Wildman–Crippen LogP) is 4.41. The summed E-state index contributed by atoms with van der Waals surface area (Å²) >= 11 is 0. The molecule has 0 saturated heterocycles. The van der Waals surface area contributed by atoms with Crippen LogP contribution in [0, 0.1) is 6.92 Å². The van der Waals surface area contributed by atoms with Gasteiger partial charge in [-0.3, -0.25) is 14.4 Å². The summed E-state index contributed by atoms with van der Waals surface area (Å²) in [5.74, 6) is -0.335. The number of rotatable bonds is 6. The highest BCUT2D eigenvalue weighted by molar-refractivity contribution is 6.08. The number of hydrogen-bond donors (Lipinski definition) is 2. The SMILES string of the molecule is Cc1ccccc1C(=O)Nc1ccc(C(=O)N2CCCC(NC(=O)CN(C)C)c3ccccc32)cc1. The van der Waals surface area contributed by atoms with E-state index in [2.05, 4.69) is 10.6 Å². The van der Waals surface area contributed by atoms with E-state index in [4.69, 9.17) is 0 Å². The molecule has 36 heavy (non-hydrogen) atoms. The highest BCUT2D eigenvalue weighted by atomic mass is 16.2. The smallest absolute Gasteiger partial charge is 0.258 e. The van der Waals surface area contributed by atoms with Crippen molar-refractivity contribution in [3.63, 3.8) is 0 Å². The fourth-order valence-corrected chi connectivity index (χ4v) is 4.52. The van der Waals surface area contributed by atoms with Crippen LogP contribution in [0.3, 0.4) is 0 Å². The minimum atomic E-state index is -0.184. The summed E-state index contributed by atoms with van der Waals surface area (Å²) in [6.07, 6.45) is 1.52. The lowest BCUT2D eigenvalue weighted by atomic mass is 10.0. The second-order valence-electron chi connectivity index (χ2n) is 9.36. The minimum absolute atomic E-state index is 0.0390. The van der Waals surface area contributed by atoms with Crippen LogP contribution in [0.1, 0.15) is 50.7 Å². The molecule has 0 spiro atoms. The molecule has 0 radical (unpaired) electrons. The average Bonchev–Trinajstić information content (AvgIpc) is 3.03. The molecule has 1 unspecified atom stereocenters. The van der Waals surface area contributed by atoms with Crippen molar-refractivity contribution in [1.82, 2.24) is 10.2 Å². The Morgan fingerprint density at radius 3 is 2.36 bits per heavy atom. The van der Waals surface area contributed by atoms with Crippen LogP contribution in [0.5, 0.6) is 0 Å². The summed E-state index contributed by atoms with van der Waals surface area (Å²) < 4.78 is 0. The Morgan fingerprint density at radius 1 is 0.944 bits per heavy atom. The topological polar surface area (TPSA) is 81.8 Å². The zero-order chi connectivity index (χ0) is 25.7. The summed E-state index contributed by atoms with van der Waals surface area (Å²) in [7, 11) is 3.72. The maximum absolute atomic E-state index is 13.5. The van der Waals surface area contributed by atoms with E-state index >= 15 is 0 Å². The lowest BCUT2D eigenvalue weighted by molar-refractivity contribution is -0.122. The molecule has 3 aromatic rings. The molecule has 3 amide bonds. The van der Waals surface area contributed by atoms with Crippen LogP contribution in [0.25, 0.3) is 0 Å². The van der Waals surface area contributed by atoms with Gasteiger partial charge < -0.3 is 20.4 Å². The van der Waals surface area contributed by atoms with E-state index in [1.54, 1.807) is 35.2 Å². The van der Waals surface area contributed by atoms with Gasteiger partial charge >= 0.3 is 0 Å². The summed E-state index contributed by atoms with van der Waals surface area (Å²) in [6.45, 7) is 2.77. The van der Waals surface area contributed by atoms with E-state index in [0.29, 0.717) is 29.9 Å². The van der Waals surface area contributed by atoms with Crippen molar-refractivity contribution in [3.8, 4) is 0 Å². The number of para-hydroxylation sites is 1. The molecule has 1 aliphatic rings. The zero-order valence-electron chi connectivity index (χ0n) is 21.0. The number of likely N-dealkylation sites (N-methyl/N-ethyl adjacent to an activating group) is 1. The van der Waals surface area contributed by atoms with Crippen LogP contribution in [0.4, 0.5) is 11.4 Å². The van der Waals surface area contributed by atoms with Crippen molar-refractivity contribution in [2.45, 2.75) is 25.8 Å². The Kier molecular flexibility index (Phi) is 7.80. The van der Waals surface area contributed by atoms with E-state index in [1.807, 2.05) is 68.4 Å². The molecule has 0 aliphatic carbocycles. The van der Waals surface area contributed by atoms with Crippen molar-refractivity contribution in [1.29, 1.82) is 0 Å².